The van der Waals surface area contributed by atoms with Crippen LogP contribution in [0.25, 0.3) is 0 Å². The van der Waals surface area contributed by atoms with Crippen molar-refractivity contribution in [2.75, 3.05) is 0 Å². The average Bonchev–Trinajstić information content (AvgIpc) is 2.79. The van der Waals surface area contributed by atoms with Gasteiger partial charge in [-0.1, -0.05) is 40.5 Å². The Kier molecular flexibility index (Phi) is 4.71. The molecule has 0 bridgehead atoms. The van der Waals surface area contributed by atoms with Gasteiger partial charge < -0.3 is 10.2 Å². The fraction of sp³-hybridized carbons (Fsp3) is 0.875. The van der Waals surface area contributed by atoms with E-state index < -0.39 is 0 Å². The summed E-state index contributed by atoms with van der Waals surface area (Å²) in [6, 6.07) is -0.350. The molecule has 4 unspecified atom stereocenters. The molecule has 0 spiro atoms. The number of carbonyl (C=O) groups excluding carboxylic acids is 2. The molecule has 1 aliphatic heterocycles. The van der Waals surface area contributed by atoms with Crippen molar-refractivity contribution >= 4 is 11.8 Å². The molecular weight excluding hydrogens is 252 g/mol. The number of amides is 2. The standard InChI is InChI=1S/C16H28N2O2/c1-5-7-12-16(20)18(13-9-6-8-11(13)4)14(10(2)3)15(19)17-12/h10-14H,5-9H2,1-4H3,(H,17,19). The van der Waals surface area contributed by atoms with Crippen LogP contribution in [-0.2, 0) is 9.59 Å². The normalized spacial score (nSPS) is 34.8. The molecule has 1 saturated heterocycles. The van der Waals surface area contributed by atoms with Crippen LogP contribution >= 0.6 is 0 Å². The number of rotatable bonds is 4. The van der Waals surface area contributed by atoms with Gasteiger partial charge in [0.05, 0.1) is 0 Å². The van der Waals surface area contributed by atoms with Gasteiger partial charge in [0.25, 0.3) is 0 Å². The van der Waals surface area contributed by atoms with Gasteiger partial charge in [-0.3, -0.25) is 9.59 Å². The van der Waals surface area contributed by atoms with Gasteiger partial charge in [-0.2, -0.15) is 0 Å². The molecule has 1 heterocycles. The molecule has 1 saturated carbocycles. The monoisotopic (exact) mass is 280 g/mol. The zero-order valence-corrected chi connectivity index (χ0v) is 13.2. The molecule has 0 aromatic heterocycles. The summed E-state index contributed by atoms with van der Waals surface area (Å²) in [4.78, 5) is 27.2. The van der Waals surface area contributed by atoms with Crippen LogP contribution in [0.15, 0.2) is 0 Å². The Morgan fingerprint density at radius 2 is 2.00 bits per heavy atom. The van der Waals surface area contributed by atoms with Gasteiger partial charge in [0.15, 0.2) is 0 Å². The Bertz CT molecular complexity index is 381. The van der Waals surface area contributed by atoms with Crippen LogP contribution in [0.5, 0.6) is 0 Å². The summed E-state index contributed by atoms with van der Waals surface area (Å²) < 4.78 is 0. The Morgan fingerprint density at radius 3 is 2.50 bits per heavy atom. The molecule has 2 rings (SSSR count). The van der Waals surface area contributed by atoms with E-state index in [4.69, 9.17) is 0 Å². The summed E-state index contributed by atoms with van der Waals surface area (Å²) >= 11 is 0. The van der Waals surface area contributed by atoms with Crippen LogP contribution in [0.4, 0.5) is 0 Å². The lowest BCUT2D eigenvalue weighted by molar-refractivity contribution is -0.155. The molecule has 114 valence electrons. The van der Waals surface area contributed by atoms with E-state index in [0.717, 1.165) is 19.3 Å². The van der Waals surface area contributed by atoms with Gasteiger partial charge >= 0.3 is 0 Å². The first-order valence-electron chi connectivity index (χ1n) is 8.09. The van der Waals surface area contributed by atoms with E-state index in [-0.39, 0.29) is 35.9 Å². The van der Waals surface area contributed by atoms with Crippen LogP contribution in [-0.4, -0.2) is 34.8 Å². The third-order valence-electron chi connectivity index (χ3n) is 4.82. The van der Waals surface area contributed by atoms with Crippen LogP contribution in [0.3, 0.4) is 0 Å². The summed E-state index contributed by atoms with van der Waals surface area (Å²) in [5.74, 6) is 0.851. The maximum atomic E-state index is 12.8. The lowest BCUT2D eigenvalue weighted by Crippen LogP contribution is -2.67. The lowest BCUT2D eigenvalue weighted by atomic mass is 9.91. The smallest absolute Gasteiger partial charge is 0.246 e. The number of nitrogens with one attached hydrogen (secondary N) is 1. The van der Waals surface area contributed by atoms with Crippen LogP contribution in [0, 0.1) is 11.8 Å². The topological polar surface area (TPSA) is 49.4 Å². The van der Waals surface area contributed by atoms with E-state index in [1.165, 1.54) is 12.8 Å². The minimum Gasteiger partial charge on any atom is -0.342 e. The summed E-state index contributed by atoms with van der Waals surface area (Å²) in [5, 5.41) is 2.94. The van der Waals surface area contributed by atoms with Crippen molar-refractivity contribution in [1.82, 2.24) is 10.2 Å². The zero-order valence-electron chi connectivity index (χ0n) is 13.2. The van der Waals surface area contributed by atoms with E-state index in [9.17, 15) is 9.59 Å². The molecule has 0 aromatic carbocycles. The summed E-state index contributed by atoms with van der Waals surface area (Å²) in [6.45, 7) is 8.33. The third-order valence-corrected chi connectivity index (χ3v) is 4.82. The molecule has 2 fully saturated rings. The maximum Gasteiger partial charge on any atom is 0.246 e. The quantitative estimate of drug-likeness (QED) is 0.859. The molecule has 0 radical (unpaired) electrons. The molecule has 1 N–H and O–H groups in total. The molecule has 2 aliphatic rings. The highest BCUT2D eigenvalue weighted by atomic mass is 16.2. The predicted molar refractivity (Wildman–Crippen MR) is 79.1 cm³/mol. The minimum absolute atomic E-state index is 0.0390. The van der Waals surface area contributed by atoms with E-state index in [1.54, 1.807) is 0 Å². The Hall–Kier alpha value is -1.06. The van der Waals surface area contributed by atoms with Gasteiger partial charge in [0.1, 0.15) is 12.1 Å². The van der Waals surface area contributed by atoms with Crippen molar-refractivity contribution in [2.24, 2.45) is 11.8 Å². The van der Waals surface area contributed by atoms with Crippen LogP contribution in [0.1, 0.15) is 59.8 Å². The minimum atomic E-state index is -0.310. The molecule has 1 aliphatic carbocycles. The van der Waals surface area contributed by atoms with Crippen molar-refractivity contribution in [3.63, 3.8) is 0 Å². The second kappa shape index (κ2) is 6.15. The van der Waals surface area contributed by atoms with Gasteiger partial charge in [0, 0.05) is 6.04 Å². The number of hydrogen-bond acceptors (Lipinski definition) is 2. The third kappa shape index (κ3) is 2.70. The van der Waals surface area contributed by atoms with E-state index >= 15 is 0 Å². The summed E-state index contributed by atoms with van der Waals surface area (Å²) in [7, 11) is 0. The Morgan fingerprint density at radius 1 is 1.30 bits per heavy atom. The first-order chi connectivity index (χ1) is 9.47. The lowest BCUT2D eigenvalue weighted by Gasteiger charge is -2.45. The molecule has 20 heavy (non-hydrogen) atoms. The first-order valence-corrected chi connectivity index (χ1v) is 8.09. The predicted octanol–water partition coefficient (Wildman–Crippen LogP) is 2.33. The zero-order chi connectivity index (χ0) is 14.9. The summed E-state index contributed by atoms with van der Waals surface area (Å²) in [6.07, 6.45) is 5.03. The van der Waals surface area contributed by atoms with Crippen molar-refractivity contribution in [3.05, 3.63) is 0 Å². The van der Waals surface area contributed by atoms with Gasteiger partial charge in [-0.05, 0) is 31.1 Å². The van der Waals surface area contributed by atoms with Crippen molar-refractivity contribution in [2.45, 2.75) is 77.9 Å². The van der Waals surface area contributed by atoms with Gasteiger partial charge in [-0.25, -0.2) is 0 Å². The Labute approximate surface area is 122 Å². The van der Waals surface area contributed by atoms with E-state index in [0.29, 0.717) is 5.92 Å². The van der Waals surface area contributed by atoms with E-state index in [2.05, 4.69) is 19.2 Å². The SMILES string of the molecule is CCCC1NC(=O)C(C(C)C)N(C2CCCC2C)C1=O. The molecular formula is C16H28N2O2. The second-order valence-electron chi connectivity index (χ2n) is 6.76. The van der Waals surface area contributed by atoms with Gasteiger partial charge in [0.2, 0.25) is 11.8 Å². The molecule has 0 aromatic rings. The highest BCUT2D eigenvalue weighted by Gasteiger charge is 2.46. The number of carbonyl (C=O) groups is 2. The largest absolute Gasteiger partial charge is 0.342 e. The summed E-state index contributed by atoms with van der Waals surface area (Å²) in [5.41, 5.74) is 0. The van der Waals surface area contributed by atoms with Crippen molar-refractivity contribution < 1.29 is 9.59 Å². The van der Waals surface area contributed by atoms with Crippen LogP contribution in [0.2, 0.25) is 0 Å². The highest BCUT2D eigenvalue weighted by molar-refractivity contribution is 5.97. The Balaban J connectivity index is 2.28. The average molecular weight is 280 g/mol. The molecule has 4 heteroatoms. The molecule has 4 atom stereocenters. The fourth-order valence-electron chi connectivity index (χ4n) is 3.78. The highest BCUT2D eigenvalue weighted by Crippen LogP contribution is 2.34. The molecule has 2 amide bonds. The number of piperazine rings is 1. The van der Waals surface area contributed by atoms with Crippen LogP contribution < -0.4 is 5.32 Å². The number of nitrogens with zero attached hydrogens (tertiary/aromatic N) is 1. The first kappa shape index (κ1) is 15.3. The van der Waals surface area contributed by atoms with Gasteiger partial charge in [-0.15, -0.1) is 0 Å². The maximum absolute atomic E-state index is 12.8. The fourth-order valence-corrected chi connectivity index (χ4v) is 3.78. The van der Waals surface area contributed by atoms with Crippen molar-refractivity contribution in [1.29, 1.82) is 0 Å². The number of hydrogen-bond donors (Lipinski definition) is 1. The van der Waals surface area contributed by atoms with E-state index in [1.807, 2.05) is 18.7 Å². The second-order valence-corrected chi connectivity index (χ2v) is 6.76. The molecule has 4 nitrogen and oxygen atoms in total. The van der Waals surface area contributed by atoms with Crippen molar-refractivity contribution in [3.8, 4) is 0 Å².